The normalized spacial score (nSPS) is 23.2. The highest BCUT2D eigenvalue weighted by molar-refractivity contribution is 7.14. The summed E-state index contributed by atoms with van der Waals surface area (Å²) in [5, 5.41) is 19.4. The second-order valence-electron chi connectivity index (χ2n) is 6.26. The molecular weight excluding hydrogens is 376 g/mol. The summed E-state index contributed by atoms with van der Waals surface area (Å²) in [7, 11) is 0. The molecule has 0 aliphatic carbocycles. The van der Waals surface area contributed by atoms with Crippen molar-refractivity contribution in [2.75, 3.05) is 25.6 Å². The number of ether oxygens (including phenoxy) is 2. The molecule has 2 aromatic rings. The van der Waals surface area contributed by atoms with Gasteiger partial charge in [0.1, 0.15) is 21.9 Å². The molecule has 0 amide bonds. The van der Waals surface area contributed by atoms with Crippen molar-refractivity contribution >= 4 is 28.8 Å². The minimum Gasteiger partial charge on any atom is -0.391 e. The molecule has 4 heterocycles. The zero-order valence-electron chi connectivity index (χ0n) is 14.4. The molecule has 0 aromatic carbocycles. The standard InChI is InChI=1S/C12H13ClN4OS.C5H10O2/c13-8-6-15-10(14)5-7(8)11-16-17-12(19-11)9-3-1-2-4-18-9;6-5-2-1-3-7-4-5/h5-6,9H,1-4H2,(H2,14,15);5-6H,1-4H2. The topological polar surface area (TPSA) is 103 Å². The predicted octanol–water partition coefficient (Wildman–Crippen LogP) is 3.24. The number of anilines is 1. The maximum atomic E-state index is 8.78. The van der Waals surface area contributed by atoms with Crippen LogP contribution in [0.3, 0.4) is 0 Å². The molecule has 0 saturated carbocycles. The van der Waals surface area contributed by atoms with E-state index in [-0.39, 0.29) is 12.2 Å². The van der Waals surface area contributed by atoms with Gasteiger partial charge in [0.2, 0.25) is 0 Å². The van der Waals surface area contributed by atoms with Crippen molar-refractivity contribution in [1.29, 1.82) is 0 Å². The summed E-state index contributed by atoms with van der Waals surface area (Å²) >= 11 is 7.62. The van der Waals surface area contributed by atoms with Gasteiger partial charge in [-0.05, 0) is 38.2 Å². The average molecular weight is 399 g/mol. The number of aliphatic hydroxyl groups excluding tert-OH is 1. The lowest BCUT2D eigenvalue weighted by Crippen LogP contribution is -2.21. The fourth-order valence-electron chi connectivity index (χ4n) is 2.75. The van der Waals surface area contributed by atoms with E-state index in [0.717, 1.165) is 54.5 Å². The Morgan fingerprint density at radius 3 is 2.73 bits per heavy atom. The summed E-state index contributed by atoms with van der Waals surface area (Å²) in [6, 6.07) is 1.72. The van der Waals surface area contributed by atoms with Gasteiger partial charge in [0.15, 0.2) is 0 Å². The number of hydrogen-bond acceptors (Lipinski definition) is 8. The third kappa shape index (κ3) is 5.34. The molecule has 2 aliphatic rings. The van der Waals surface area contributed by atoms with Crippen LogP contribution < -0.4 is 5.73 Å². The third-order valence-electron chi connectivity index (χ3n) is 4.14. The van der Waals surface area contributed by atoms with E-state index >= 15 is 0 Å². The van der Waals surface area contributed by atoms with Crippen molar-refractivity contribution in [2.24, 2.45) is 0 Å². The van der Waals surface area contributed by atoms with Crippen molar-refractivity contribution in [2.45, 2.75) is 44.3 Å². The second kappa shape index (κ2) is 9.57. The van der Waals surface area contributed by atoms with Crippen molar-refractivity contribution in [3.63, 3.8) is 0 Å². The first-order valence-electron chi connectivity index (χ1n) is 8.75. The molecule has 2 aliphatic heterocycles. The van der Waals surface area contributed by atoms with E-state index in [1.165, 1.54) is 24.0 Å². The summed E-state index contributed by atoms with van der Waals surface area (Å²) in [6.07, 6.45) is 6.64. The Labute approximate surface area is 161 Å². The first kappa shape index (κ1) is 19.4. The third-order valence-corrected chi connectivity index (χ3v) is 5.49. The monoisotopic (exact) mass is 398 g/mol. The summed E-state index contributed by atoms with van der Waals surface area (Å²) in [5.41, 5.74) is 6.45. The van der Waals surface area contributed by atoms with Crippen LogP contribution in [-0.2, 0) is 9.47 Å². The van der Waals surface area contributed by atoms with E-state index in [2.05, 4.69) is 15.2 Å². The van der Waals surface area contributed by atoms with Crippen molar-refractivity contribution in [1.82, 2.24) is 15.2 Å². The number of pyridine rings is 1. The van der Waals surface area contributed by atoms with Gasteiger partial charge in [-0.15, -0.1) is 10.2 Å². The molecule has 7 nitrogen and oxygen atoms in total. The van der Waals surface area contributed by atoms with Gasteiger partial charge in [-0.1, -0.05) is 22.9 Å². The Kier molecular flexibility index (Phi) is 7.15. The fourth-order valence-corrected chi connectivity index (χ4v) is 3.96. The van der Waals surface area contributed by atoms with Gasteiger partial charge in [-0.2, -0.15) is 0 Å². The number of nitrogens with zero attached hydrogens (tertiary/aromatic N) is 3. The summed E-state index contributed by atoms with van der Waals surface area (Å²) < 4.78 is 10.6. The Morgan fingerprint density at radius 1 is 1.19 bits per heavy atom. The highest BCUT2D eigenvalue weighted by atomic mass is 35.5. The largest absolute Gasteiger partial charge is 0.391 e. The molecule has 0 bridgehead atoms. The highest BCUT2D eigenvalue weighted by Gasteiger charge is 2.21. The minimum atomic E-state index is -0.186. The van der Waals surface area contributed by atoms with Crippen molar-refractivity contribution in [3.8, 4) is 10.6 Å². The number of rotatable bonds is 2. The van der Waals surface area contributed by atoms with E-state index in [0.29, 0.717) is 17.4 Å². The van der Waals surface area contributed by atoms with Crippen LogP contribution in [0.15, 0.2) is 12.3 Å². The molecular formula is C17H23ClN4O3S. The van der Waals surface area contributed by atoms with Crippen LogP contribution in [0.1, 0.15) is 43.2 Å². The maximum absolute atomic E-state index is 8.78. The van der Waals surface area contributed by atoms with Gasteiger partial charge in [0.05, 0.1) is 17.7 Å². The molecule has 2 fully saturated rings. The van der Waals surface area contributed by atoms with Crippen LogP contribution in [0.5, 0.6) is 0 Å². The minimum absolute atomic E-state index is 0.0676. The quantitative estimate of drug-likeness (QED) is 0.800. The Bertz CT molecular complexity index is 703. The van der Waals surface area contributed by atoms with Gasteiger partial charge in [0.25, 0.3) is 0 Å². The molecule has 26 heavy (non-hydrogen) atoms. The number of aromatic nitrogens is 3. The second-order valence-corrected chi connectivity index (χ2v) is 7.68. The van der Waals surface area contributed by atoms with Crippen molar-refractivity contribution < 1.29 is 14.6 Å². The smallest absolute Gasteiger partial charge is 0.149 e. The molecule has 2 unspecified atom stereocenters. The van der Waals surface area contributed by atoms with Crippen LogP contribution in [0, 0.1) is 0 Å². The molecule has 3 N–H and O–H groups in total. The van der Waals surface area contributed by atoms with Gasteiger partial charge in [0, 0.05) is 25.0 Å². The molecule has 2 atom stereocenters. The zero-order chi connectivity index (χ0) is 18.4. The van der Waals surface area contributed by atoms with E-state index in [1.54, 1.807) is 6.07 Å². The molecule has 2 saturated heterocycles. The van der Waals surface area contributed by atoms with Crippen molar-refractivity contribution in [3.05, 3.63) is 22.3 Å². The molecule has 2 aromatic heterocycles. The number of nitrogens with two attached hydrogens (primary N) is 1. The highest BCUT2D eigenvalue weighted by Crippen LogP contribution is 2.35. The summed E-state index contributed by atoms with van der Waals surface area (Å²) in [5.74, 6) is 0.421. The van der Waals surface area contributed by atoms with E-state index in [4.69, 9.17) is 31.9 Å². The zero-order valence-corrected chi connectivity index (χ0v) is 16.0. The maximum Gasteiger partial charge on any atom is 0.149 e. The number of hydrogen-bond donors (Lipinski definition) is 2. The number of nitrogen functional groups attached to an aromatic ring is 1. The first-order chi connectivity index (χ1) is 12.6. The molecule has 0 spiro atoms. The van der Waals surface area contributed by atoms with Crippen LogP contribution in [0.4, 0.5) is 5.82 Å². The van der Waals surface area contributed by atoms with Gasteiger partial charge < -0.3 is 20.3 Å². The predicted molar refractivity (Wildman–Crippen MR) is 101 cm³/mol. The van der Waals surface area contributed by atoms with Crippen LogP contribution in [0.25, 0.3) is 10.6 Å². The first-order valence-corrected chi connectivity index (χ1v) is 9.95. The average Bonchev–Trinajstić information content (AvgIpc) is 3.16. The fraction of sp³-hybridized carbons (Fsp3) is 0.588. The SMILES string of the molecule is Nc1cc(-c2nnc(C3CCCCO3)s2)c(Cl)cn1.OC1CCCOC1. The van der Waals surface area contributed by atoms with Gasteiger partial charge >= 0.3 is 0 Å². The lowest BCUT2D eigenvalue weighted by molar-refractivity contribution is -0.00535. The Morgan fingerprint density at radius 2 is 2.08 bits per heavy atom. The lowest BCUT2D eigenvalue weighted by atomic mass is 10.1. The number of halogens is 1. The van der Waals surface area contributed by atoms with Crippen LogP contribution >= 0.6 is 22.9 Å². The summed E-state index contributed by atoms with van der Waals surface area (Å²) in [4.78, 5) is 3.94. The summed E-state index contributed by atoms with van der Waals surface area (Å²) in [6.45, 7) is 2.17. The Hall–Kier alpha value is -1.32. The number of aliphatic hydroxyl groups is 1. The van der Waals surface area contributed by atoms with E-state index < -0.39 is 0 Å². The molecule has 142 valence electrons. The van der Waals surface area contributed by atoms with Crippen LogP contribution in [-0.4, -0.2) is 46.2 Å². The van der Waals surface area contributed by atoms with Crippen LogP contribution in [0.2, 0.25) is 5.02 Å². The molecule has 0 radical (unpaired) electrons. The van der Waals surface area contributed by atoms with Gasteiger partial charge in [-0.3, -0.25) is 0 Å². The molecule has 9 heteroatoms. The molecule has 4 rings (SSSR count). The lowest BCUT2D eigenvalue weighted by Gasteiger charge is -2.19. The van der Waals surface area contributed by atoms with E-state index in [1.807, 2.05) is 0 Å². The van der Waals surface area contributed by atoms with Gasteiger partial charge in [-0.25, -0.2) is 4.98 Å². The van der Waals surface area contributed by atoms with E-state index in [9.17, 15) is 0 Å². The Balaban J connectivity index is 0.000000236.